The van der Waals surface area contributed by atoms with Crippen LogP contribution in [0.5, 0.6) is 0 Å². The number of nitrogens with one attached hydrogen (secondary N) is 1. The predicted octanol–water partition coefficient (Wildman–Crippen LogP) is 3.16. The summed E-state index contributed by atoms with van der Waals surface area (Å²) >= 11 is 0. The lowest BCUT2D eigenvalue weighted by atomic mass is 9.75. The minimum Gasteiger partial charge on any atom is -0.271 e. The molecule has 17 heavy (non-hydrogen) atoms. The van der Waals surface area contributed by atoms with Crippen LogP contribution in [0.3, 0.4) is 0 Å². The Kier molecular flexibility index (Phi) is 3.50. The van der Waals surface area contributed by atoms with E-state index in [1.807, 2.05) is 6.07 Å². The van der Waals surface area contributed by atoms with Crippen molar-refractivity contribution >= 4 is 0 Å². The van der Waals surface area contributed by atoms with Crippen LogP contribution in [0.25, 0.3) is 0 Å². The largest absolute Gasteiger partial charge is 0.271 e. The zero-order valence-electron chi connectivity index (χ0n) is 10.5. The minimum absolute atomic E-state index is 0.0446. The van der Waals surface area contributed by atoms with Crippen LogP contribution in [-0.4, -0.2) is 0 Å². The first kappa shape index (κ1) is 12.5. The molecule has 0 spiro atoms. The number of rotatable bonds is 3. The first-order valence-corrected chi connectivity index (χ1v) is 6.26. The van der Waals surface area contributed by atoms with E-state index in [9.17, 15) is 4.39 Å². The zero-order chi connectivity index (χ0) is 12.5. The van der Waals surface area contributed by atoms with Crippen LogP contribution in [0.1, 0.15) is 44.7 Å². The fraction of sp³-hybridized carbons (Fsp3) is 0.571. The Morgan fingerprint density at radius 3 is 2.76 bits per heavy atom. The highest BCUT2D eigenvalue weighted by atomic mass is 19.1. The summed E-state index contributed by atoms with van der Waals surface area (Å²) in [4.78, 5) is 0. The van der Waals surface area contributed by atoms with Crippen LogP contribution in [0.2, 0.25) is 0 Å². The quantitative estimate of drug-likeness (QED) is 0.625. The number of benzene rings is 1. The second-order valence-electron chi connectivity index (χ2n) is 5.69. The van der Waals surface area contributed by atoms with Crippen LogP contribution in [-0.2, 0) is 0 Å². The molecular weight excluding hydrogens is 215 g/mol. The topological polar surface area (TPSA) is 38.0 Å². The highest BCUT2D eigenvalue weighted by molar-refractivity contribution is 5.21. The average Bonchev–Trinajstić information content (AvgIpc) is 2.60. The van der Waals surface area contributed by atoms with E-state index in [1.165, 1.54) is 18.9 Å². The SMILES string of the molecule is CC1(C)CCCC1C(NN)c1cccc(F)c1. The van der Waals surface area contributed by atoms with Crippen molar-refractivity contribution in [3.8, 4) is 0 Å². The van der Waals surface area contributed by atoms with E-state index in [-0.39, 0.29) is 17.3 Å². The molecule has 0 saturated heterocycles. The Morgan fingerprint density at radius 2 is 2.24 bits per heavy atom. The Hall–Kier alpha value is -0.930. The van der Waals surface area contributed by atoms with Gasteiger partial charge in [0, 0.05) is 6.04 Å². The summed E-state index contributed by atoms with van der Waals surface area (Å²) in [5.41, 5.74) is 4.10. The lowest BCUT2D eigenvalue weighted by molar-refractivity contribution is 0.198. The van der Waals surface area contributed by atoms with Crippen LogP contribution in [0, 0.1) is 17.2 Å². The molecule has 0 heterocycles. The average molecular weight is 236 g/mol. The standard InChI is InChI=1S/C14H21FN2/c1-14(2)8-4-7-12(14)13(17-16)10-5-3-6-11(15)9-10/h3,5-6,9,12-13,17H,4,7-8,16H2,1-2H3. The molecule has 0 aliphatic heterocycles. The van der Waals surface area contributed by atoms with Gasteiger partial charge in [0.2, 0.25) is 0 Å². The number of hydrogen-bond donors (Lipinski definition) is 2. The fourth-order valence-electron chi connectivity index (χ4n) is 3.12. The molecule has 1 fully saturated rings. The van der Waals surface area contributed by atoms with Crippen molar-refractivity contribution < 1.29 is 4.39 Å². The molecule has 1 aromatic rings. The third-order valence-corrected chi connectivity index (χ3v) is 4.13. The highest BCUT2D eigenvalue weighted by Crippen LogP contribution is 2.48. The number of nitrogens with two attached hydrogens (primary N) is 1. The normalized spacial score (nSPS) is 24.8. The summed E-state index contributed by atoms with van der Waals surface area (Å²) in [6.45, 7) is 4.54. The van der Waals surface area contributed by atoms with E-state index in [4.69, 9.17) is 5.84 Å². The first-order chi connectivity index (χ1) is 8.04. The molecule has 1 aromatic carbocycles. The van der Waals surface area contributed by atoms with Crippen LogP contribution in [0.15, 0.2) is 24.3 Å². The Labute approximate surface area is 102 Å². The van der Waals surface area contributed by atoms with Crippen molar-refractivity contribution in [2.45, 2.75) is 39.2 Å². The predicted molar refractivity (Wildman–Crippen MR) is 67.6 cm³/mol. The lowest BCUT2D eigenvalue weighted by Gasteiger charge is -2.34. The molecule has 1 aliphatic rings. The summed E-state index contributed by atoms with van der Waals surface area (Å²) in [5, 5.41) is 0. The number of halogens is 1. The molecule has 0 bridgehead atoms. The van der Waals surface area contributed by atoms with E-state index < -0.39 is 0 Å². The summed E-state index contributed by atoms with van der Waals surface area (Å²) < 4.78 is 13.3. The molecule has 2 rings (SSSR count). The Balaban J connectivity index is 2.27. The molecule has 3 heteroatoms. The first-order valence-electron chi connectivity index (χ1n) is 6.26. The molecule has 3 N–H and O–H groups in total. The summed E-state index contributed by atoms with van der Waals surface area (Å²) in [6, 6.07) is 6.79. The molecule has 2 unspecified atom stereocenters. The summed E-state index contributed by atoms with van der Waals surface area (Å²) in [6.07, 6.45) is 3.59. The maximum Gasteiger partial charge on any atom is 0.123 e. The third-order valence-electron chi connectivity index (χ3n) is 4.13. The smallest absolute Gasteiger partial charge is 0.123 e. The van der Waals surface area contributed by atoms with E-state index in [2.05, 4.69) is 19.3 Å². The minimum atomic E-state index is -0.196. The molecule has 94 valence electrons. The van der Waals surface area contributed by atoms with Crippen LogP contribution >= 0.6 is 0 Å². The van der Waals surface area contributed by atoms with Gasteiger partial charge in [-0.25, -0.2) is 4.39 Å². The van der Waals surface area contributed by atoms with Gasteiger partial charge in [-0.15, -0.1) is 0 Å². The van der Waals surface area contributed by atoms with Crippen molar-refractivity contribution in [1.82, 2.24) is 5.43 Å². The highest BCUT2D eigenvalue weighted by Gasteiger charge is 2.39. The van der Waals surface area contributed by atoms with Gasteiger partial charge in [-0.05, 0) is 41.9 Å². The van der Waals surface area contributed by atoms with Crippen LogP contribution < -0.4 is 11.3 Å². The maximum absolute atomic E-state index is 13.3. The van der Waals surface area contributed by atoms with Gasteiger partial charge >= 0.3 is 0 Å². The molecule has 0 amide bonds. The number of hydrogen-bond acceptors (Lipinski definition) is 2. The molecule has 2 nitrogen and oxygen atoms in total. The van der Waals surface area contributed by atoms with Gasteiger partial charge in [0.15, 0.2) is 0 Å². The second-order valence-corrected chi connectivity index (χ2v) is 5.69. The van der Waals surface area contributed by atoms with Crippen molar-refractivity contribution in [3.63, 3.8) is 0 Å². The summed E-state index contributed by atoms with van der Waals surface area (Å²) in [7, 11) is 0. The van der Waals surface area contributed by atoms with Gasteiger partial charge in [-0.2, -0.15) is 0 Å². The molecule has 2 atom stereocenters. The van der Waals surface area contributed by atoms with Gasteiger partial charge in [-0.3, -0.25) is 11.3 Å². The summed E-state index contributed by atoms with van der Waals surface area (Å²) in [5.74, 6) is 5.95. The monoisotopic (exact) mass is 236 g/mol. The van der Waals surface area contributed by atoms with E-state index in [0.29, 0.717) is 5.92 Å². The second kappa shape index (κ2) is 4.75. The van der Waals surface area contributed by atoms with Gasteiger partial charge in [-0.1, -0.05) is 32.4 Å². The number of hydrazine groups is 1. The van der Waals surface area contributed by atoms with E-state index in [1.54, 1.807) is 12.1 Å². The van der Waals surface area contributed by atoms with E-state index >= 15 is 0 Å². The third kappa shape index (κ3) is 2.50. The van der Waals surface area contributed by atoms with Crippen molar-refractivity contribution in [2.75, 3.05) is 0 Å². The van der Waals surface area contributed by atoms with Crippen molar-refractivity contribution in [2.24, 2.45) is 17.2 Å². The van der Waals surface area contributed by atoms with E-state index in [0.717, 1.165) is 12.0 Å². The van der Waals surface area contributed by atoms with Crippen LogP contribution in [0.4, 0.5) is 4.39 Å². The molecular formula is C14H21FN2. The van der Waals surface area contributed by atoms with Crippen molar-refractivity contribution in [3.05, 3.63) is 35.6 Å². The molecule has 1 aliphatic carbocycles. The lowest BCUT2D eigenvalue weighted by Crippen LogP contribution is -2.37. The molecule has 1 saturated carbocycles. The Bertz CT molecular complexity index is 390. The Morgan fingerprint density at radius 1 is 1.47 bits per heavy atom. The molecule has 0 radical (unpaired) electrons. The van der Waals surface area contributed by atoms with Gasteiger partial charge in [0.05, 0.1) is 0 Å². The zero-order valence-corrected chi connectivity index (χ0v) is 10.5. The van der Waals surface area contributed by atoms with Gasteiger partial charge in [0.1, 0.15) is 5.82 Å². The van der Waals surface area contributed by atoms with Gasteiger partial charge in [0.25, 0.3) is 0 Å². The fourth-order valence-corrected chi connectivity index (χ4v) is 3.12. The van der Waals surface area contributed by atoms with Gasteiger partial charge < -0.3 is 0 Å². The maximum atomic E-state index is 13.3. The molecule has 0 aromatic heterocycles. The van der Waals surface area contributed by atoms with Crippen molar-refractivity contribution in [1.29, 1.82) is 0 Å².